The predicted molar refractivity (Wildman–Crippen MR) is 59.7 cm³/mol. The Balaban J connectivity index is 2.99. The lowest BCUT2D eigenvalue weighted by atomic mass is 10.0. The monoisotopic (exact) mass is 186 g/mol. The second-order valence-corrected chi connectivity index (χ2v) is 3.72. The minimum atomic E-state index is -0.804. The molecule has 0 aliphatic heterocycles. The first-order valence-corrected chi connectivity index (χ1v) is 4.50. The standard InChI is InChI=1S/C13H14O/c1-4-11-7-5-6-8-12(11)9-10-13(2,3)14/h1,5-10,14H,2-3H3/b10-9+. The molecule has 0 bridgehead atoms. The average molecular weight is 186 g/mol. The minimum Gasteiger partial charge on any atom is -0.386 e. The molecule has 0 saturated carbocycles. The highest BCUT2D eigenvalue weighted by Gasteiger charge is 2.06. The van der Waals surface area contributed by atoms with Crippen LogP contribution in [0, 0.1) is 12.3 Å². The van der Waals surface area contributed by atoms with E-state index in [0.29, 0.717) is 0 Å². The van der Waals surface area contributed by atoms with Gasteiger partial charge in [0.2, 0.25) is 0 Å². The summed E-state index contributed by atoms with van der Waals surface area (Å²) in [5, 5.41) is 9.50. The minimum absolute atomic E-state index is 0.804. The van der Waals surface area contributed by atoms with E-state index in [-0.39, 0.29) is 0 Å². The third-order valence-electron chi connectivity index (χ3n) is 1.79. The summed E-state index contributed by atoms with van der Waals surface area (Å²) in [6.07, 6.45) is 8.91. The van der Waals surface area contributed by atoms with Crippen molar-refractivity contribution in [1.29, 1.82) is 0 Å². The first-order chi connectivity index (χ1) is 6.53. The Morgan fingerprint density at radius 2 is 2.00 bits per heavy atom. The Morgan fingerprint density at radius 1 is 1.36 bits per heavy atom. The van der Waals surface area contributed by atoms with Gasteiger partial charge in [0.05, 0.1) is 5.60 Å². The molecule has 72 valence electrons. The number of rotatable bonds is 2. The van der Waals surface area contributed by atoms with Crippen molar-refractivity contribution in [3.05, 3.63) is 41.5 Å². The van der Waals surface area contributed by atoms with Gasteiger partial charge in [-0.2, -0.15) is 0 Å². The topological polar surface area (TPSA) is 20.2 Å². The number of hydrogen-bond acceptors (Lipinski definition) is 1. The van der Waals surface area contributed by atoms with Crippen molar-refractivity contribution in [3.63, 3.8) is 0 Å². The van der Waals surface area contributed by atoms with E-state index in [1.54, 1.807) is 19.9 Å². The molecule has 1 rings (SSSR count). The highest BCUT2D eigenvalue weighted by molar-refractivity contribution is 5.59. The maximum atomic E-state index is 9.50. The number of benzene rings is 1. The van der Waals surface area contributed by atoms with Gasteiger partial charge in [-0.15, -0.1) is 6.42 Å². The van der Waals surface area contributed by atoms with E-state index in [2.05, 4.69) is 5.92 Å². The van der Waals surface area contributed by atoms with Crippen LogP contribution >= 0.6 is 0 Å². The lowest BCUT2D eigenvalue weighted by Crippen LogP contribution is -2.13. The highest BCUT2D eigenvalue weighted by Crippen LogP contribution is 2.12. The Hall–Kier alpha value is -1.52. The molecule has 0 amide bonds. The predicted octanol–water partition coefficient (Wildman–Crippen LogP) is 2.45. The van der Waals surface area contributed by atoms with Crippen LogP contribution in [-0.2, 0) is 0 Å². The van der Waals surface area contributed by atoms with Gasteiger partial charge in [-0.3, -0.25) is 0 Å². The van der Waals surface area contributed by atoms with Crippen LogP contribution in [0.25, 0.3) is 6.08 Å². The maximum absolute atomic E-state index is 9.50. The SMILES string of the molecule is C#Cc1ccccc1/C=C/C(C)(C)O. The summed E-state index contributed by atoms with van der Waals surface area (Å²) in [5.74, 6) is 2.60. The van der Waals surface area contributed by atoms with Crippen molar-refractivity contribution in [2.75, 3.05) is 0 Å². The molecule has 0 spiro atoms. The lowest BCUT2D eigenvalue weighted by Gasteiger charge is -2.10. The normalized spacial score (nSPS) is 11.6. The van der Waals surface area contributed by atoms with Gasteiger partial charge in [-0.1, -0.05) is 36.3 Å². The van der Waals surface area contributed by atoms with Crippen LogP contribution in [0.4, 0.5) is 0 Å². The van der Waals surface area contributed by atoms with Gasteiger partial charge in [-0.05, 0) is 25.5 Å². The lowest BCUT2D eigenvalue weighted by molar-refractivity contribution is 0.134. The molecule has 1 heteroatoms. The third-order valence-corrected chi connectivity index (χ3v) is 1.79. The van der Waals surface area contributed by atoms with E-state index in [4.69, 9.17) is 6.42 Å². The molecule has 1 aromatic rings. The molecule has 0 aliphatic rings. The largest absolute Gasteiger partial charge is 0.386 e. The van der Waals surface area contributed by atoms with E-state index in [1.807, 2.05) is 30.3 Å². The van der Waals surface area contributed by atoms with Gasteiger partial charge in [0, 0.05) is 5.56 Å². The zero-order valence-corrected chi connectivity index (χ0v) is 8.49. The Bertz CT molecular complexity index is 375. The molecule has 0 unspecified atom stereocenters. The summed E-state index contributed by atoms with van der Waals surface area (Å²) in [6.45, 7) is 3.45. The number of terminal acetylenes is 1. The van der Waals surface area contributed by atoms with Crippen LogP contribution in [0.2, 0.25) is 0 Å². The molecule has 0 radical (unpaired) electrons. The molecular formula is C13H14O. The fourth-order valence-corrected chi connectivity index (χ4v) is 1.07. The van der Waals surface area contributed by atoms with Crippen LogP contribution in [0.5, 0.6) is 0 Å². The van der Waals surface area contributed by atoms with Gasteiger partial charge in [0.15, 0.2) is 0 Å². The van der Waals surface area contributed by atoms with Gasteiger partial charge < -0.3 is 5.11 Å². The Kier molecular flexibility index (Phi) is 3.11. The molecule has 0 aliphatic carbocycles. The molecule has 0 saturated heterocycles. The number of aliphatic hydroxyl groups is 1. The Morgan fingerprint density at radius 3 is 2.57 bits per heavy atom. The van der Waals surface area contributed by atoms with Crippen LogP contribution in [-0.4, -0.2) is 10.7 Å². The zero-order chi connectivity index (χ0) is 10.6. The van der Waals surface area contributed by atoms with Crippen molar-refractivity contribution in [2.45, 2.75) is 19.4 Å². The first kappa shape index (κ1) is 10.6. The van der Waals surface area contributed by atoms with Crippen molar-refractivity contribution in [1.82, 2.24) is 0 Å². The van der Waals surface area contributed by atoms with Crippen LogP contribution in [0.1, 0.15) is 25.0 Å². The summed E-state index contributed by atoms with van der Waals surface area (Å²) in [6, 6.07) is 7.63. The molecular weight excluding hydrogens is 172 g/mol. The summed E-state index contributed by atoms with van der Waals surface area (Å²) in [5.41, 5.74) is 0.993. The van der Waals surface area contributed by atoms with Crippen molar-refractivity contribution < 1.29 is 5.11 Å². The van der Waals surface area contributed by atoms with Gasteiger partial charge in [-0.25, -0.2) is 0 Å². The second-order valence-electron chi connectivity index (χ2n) is 3.72. The van der Waals surface area contributed by atoms with Crippen molar-refractivity contribution in [2.24, 2.45) is 0 Å². The molecule has 0 atom stereocenters. The zero-order valence-electron chi connectivity index (χ0n) is 8.49. The van der Waals surface area contributed by atoms with E-state index in [1.165, 1.54) is 0 Å². The molecule has 0 aromatic heterocycles. The van der Waals surface area contributed by atoms with Crippen LogP contribution in [0.3, 0.4) is 0 Å². The molecule has 1 nitrogen and oxygen atoms in total. The molecule has 0 heterocycles. The second kappa shape index (κ2) is 4.13. The summed E-state index contributed by atoms with van der Waals surface area (Å²) < 4.78 is 0. The van der Waals surface area contributed by atoms with Crippen LogP contribution < -0.4 is 0 Å². The van der Waals surface area contributed by atoms with Gasteiger partial charge in [0.1, 0.15) is 0 Å². The molecule has 1 N–H and O–H groups in total. The van der Waals surface area contributed by atoms with Gasteiger partial charge >= 0.3 is 0 Å². The average Bonchev–Trinajstić information content (AvgIpc) is 2.14. The quantitative estimate of drug-likeness (QED) is 0.703. The molecule has 1 aromatic carbocycles. The number of hydrogen-bond donors (Lipinski definition) is 1. The van der Waals surface area contributed by atoms with E-state index < -0.39 is 5.60 Å². The van der Waals surface area contributed by atoms with Crippen molar-refractivity contribution >= 4 is 6.08 Å². The van der Waals surface area contributed by atoms with E-state index in [9.17, 15) is 5.11 Å². The fourth-order valence-electron chi connectivity index (χ4n) is 1.07. The molecule has 0 fully saturated rings. The third kappa shape index (κ3) is 3.08. The van der Waals surface area contributed by atoms with E-state index in [0.717, 1.165) is 11.1 Å². The van der Waals surface area contributed by atoms with Crippen molar-refractivity contribution in [3.8, 4) is 12.3 Å². The Labute approximate surface area is 85.1 Å². The maximum Gasteiger partial charge on any atom is 0.0774 e. The highest BCUT2D eigenvalue weighted by atomic mass is 16.3. The smallest absolute Gasteiger partial charge is 0.0774 e. The van der Waals surface area contributed by atoms with Gasteiger partial charge in [0.25, 0.3) is 0 Å². The fraction of sp³-hybridized carbons (Fsp3) is 0.231. The molecule has 14 heavy (non-hydrogen) atoms. The summed E-state index contributed by atoms with van der Waals surface area (Å²) in [7, 11) is 0. The van der Waals surface area contributed by atoms with E-state index >= 15 is 0 Å². The first-order valence-electron chi connectivity index (χ1n) is 4.50. The summed E-state index contributed by atoms with van der Waals surface area (Å²) in [4.78, 5) is 0. The summed E-state index contributed by atoms with van der Waals surface area (Å²) >= 11 is 0. The van der Waals surface area contributed by atoms with Crippen LogP contribution in [0.15, 0.2) is 30.3 Å².